The predicted molar refractivity (Wildman–Crippen MR) is 177 cm³/mol. The molecule has 206 valence electrons. The third-order valence-electron chi connectivity index (χ3n) is 7.20. The third-order valence-corrected chi connectivity index (χ3v) is 7.20. The average molecular weight is 563 g/mol. The van der Waals surface area contributed by atoms with Crippen molar-refractivity contribution in [3.63, 3.8) is 0 Å². The highest BCUT2D eigenvalue weighted by molar-refractivity contribution is 5.71. The number of aromatic amines is 2. The number of nitrogens with one attached hydrogen (secondary N) is 2. The lowest BCUT2D eigenvalue weighted by atomic mass is 10.1. The lowest BCUT2D eigenvalue weighted by molar-refractivity contribution is 1.29. The van der Waals surface area contributed by atoms with E-state index in [2.05, 4.69) is 73.9 Å². The maximum absolute atomic E-state index is 4.67. The van der Waals surface area contributed by atoms with Crippen LogP contribution in [0, 0.1) is 23.7 Å². The minimum absolute atomic E-state index is 0.800. The molecule has 0 bridgehead atoms. The van der Waals surface area contributed by atoms with Crippen molar-refractivity contribution in [1.82, 2.24) is 19.9 Å². The number of H-pyrrole nitrogens is 2. The second-order valence-corrected chi connectivity index (χ2v) is 10.3. The molecule has 0 unspecified atom stereocenters. The van der Waals surface area contributed by atoms with Crippen molar-refractivity contribution in [2.24, 2.45) is 0 Å². The first kappa shape index (κ1) is 26.5. The summed E-state index contributed by atoms with van der Waals surface area (Å²) in [5.41, 5.74) is 9.91. The highest BCUT2D eigenvalue weighted by Crippen LogP contribution is 2.27. The second kappa shape index (κ2) is 12.2. The van der Waals surface area contributed by atoms with Gasteiger partial charge in [-0.25, -0.2) is 9.97 Å². The lowest BCUT2D eigenvalue weighted by Crippen LogP contribution is -1.86. The zero-order chi connectivity index (χ0) is 29.6. The Morgan fingerprint density at radius 2 is 0.750 bits per heavy atom. The van der Waals surface area contributed by atoms with Crippen molar-refractivity contribution in [2.45, 2.75) is 0 Å². The minimum Gasteiger partial charge on any atom is -0.338 e. The van der Waals surface area contributed by atoms with Gasteiger partial charge in [0.1, 0.15) is 11.6 Å². The fourth-order valence-electron chi connectivity index (χ4n) is 4.84. The number of imidazole rings is 2. The molecular formula is C40H26N4. The molecule has 4 nitrogen and oxygen atoms in total. The molecule has 2 N–H and O–H groups in total. The van der Waals surface area contributed by atoms with Crippen molar-refractivity contribution in [2.75, 3.05) is 0 Å². The Morgan fingerprint density at radius 3 is 1.16 bits per heavy atom. The van der Waals surface area contributed by atoms with Crippen LogP contribution in [0.25, 0.3) is 45.3 Å². The topological polar surface area (TPSA) is 57.4 Å². The number of rotatable bonds is 4. The molecule has 0 saturated heterocycles. The van der Waals surface area contributed by atoms with E-state index in [-0.39, 0.29) is 0 Å². The van der Waals surface area contributed by atoms with E-state index >= 15 is 0 Å². The summed E-state index contributed by atoms with van der Waals surface area (Å²) >= 11 is 0. The summed E-state index contributed by atoms with van der Waals surface area (Å²) in [4.78, 5) is 16.3. The molecule has 0 amide bonds. The molecule has 0 spiro atoms. The van der Waals surface area contributed by atoms with Crippen LogP contribution in [0.4, 0.5) is 0 Å². The van der Waals surface area contributed by atoms with Gasteiger partial charge >= 0.3 is 0 Å². The van der Waals surface area contributed by atoms with E-state index < -0.39 is 0 Å². The summed E-state index contributed by atoms with van der Waals surface area (Å²) in [6.07, 6.45) is 3.73. The maximum atomic E-state index is 4.67. The number of benzene rings is 5. The van der Waals surface area contributed by atoms with Gasteiger partial charge in [0.05, 0.1) is 23.8 Å². The van der Waals surface area contributed by atoms with E-state index in [9.17, 15) is 0 Å². The van der Waals surface area contributed by atoms with Crippen LogP contribution in [-0.2, 0) is 0 Å². The molecule has 0 aliphatic carbocycles. The average Bonchev–Trinajstić information content (AvgIpc) is 3.80. The van der Waals surface area contributed by atoms with Gasteiger partial charge in [-0.2, -0.15) is 0 Å². The van der Waals surface area contributed by atoms with Crippen LogP contribution in [0.3, 0.4) is 0 Å². The van der Waals surface area contributed by atoms with E-state index in [0.717, 1.165) is 67.5 Å². The van der Waals surface area contributed by atoms with E-state index in [4.69, 9.17) is 0 Å². The molecular weight excluding hydrogens is 536 g/mol. The van der Waals surface area contributed by atoms with Crippen LogP contribution in [0.1, 0.15) is 22.3 Å². The van der Waals surface area contributed by atoms with E-state index in [1.807, 2.05) is 116 Å². The van der Waals surface area contributed by atoms with Gasteiger partial charge in [0.25, 0.3) is 0 Å². The van der Waals surface area contributed by atoms with Crippen LogP contribution < -0.4 is 0 Å². The Bertz CT molecular complexity index is 1990. The molecule has 44 heavy (non-hydrogen) atoms. The number of hydrogen-bond donors (Lipinski definition) is 2. The first-order valence-corrected chi connectivity index (χ1v) is 14.3. The first-order chi connectivity index (χ1) is 21.8. The van der Waals surface area contributed by atoms with Gasteiger partial charge in [-0.05, 0) is 65.7 Å². The Morgan fingerprint density at radius 1 is 0.364 bits per heavy atom. The molecule has 2 aromatic heterocycles. The van der Waals surface area contributed by atoms with Crippen molar-refractivity contribution in [3.05, 3.63) is 168 Å². The number of aromatic nitrogens is 4. The van der Waals surface area contributed by atoms with Crippen molar-refractivity contribution in [1.29, 1.82) is 0 Å². The van der Waals surface area contributed by atoms with Crippen LogP contribution >= 0.6 is 0 Å². The number of hydrogen-bond acceptors (Lipinski definition) is 2. The van der Waals surface area contributed by atoms with Gasteiger partial charge in [0, 0.05) is 33.4 Å². The minimum atomic E-state index is 0.800. The molecule has 7 rings (SSSR count). The third kappa shape index (κ3) is 6.11. The highest BCUT2D eigenvalue weighted by atomic mass is 14.9. The SMILES string of the molecule is C(#Cc1ccc(-c2cnc(-c3cccc(-c4ncc(-c5ccc(C#Cc6ccccc6)cc5)[nH]4)c3)[nH]2)cc1)c1ccccc1. The largest absolute Gasteiger partial charge is 0.338 e. The maximum Gasteiger partial charge on any atom is 0.137 e. The summed E-state index contributed by atoms with van der Waals surface area (Å²) in [7, 11) is 0. The summed E-state index contributed by atoms with van der Waals surface area (Å²) < 4.78 is 0. The first-order valence-electron chi connectivity index (χ1n) is 14.3. The van der Waals surface area contributed by atoms with Crippen molar-refractivity contribution in [3.8, 4) is 69.0 Å². The van der Waals surface area contributed by atoms with Crippen LogP contribution in [0.2, 0.25) is 0 Å². The summed E-state index contributed by atoms with van der Waals surface area (Å²) in [5.74, 6) is 14.5. The fourth-order valence-corrected chi connectivity index (χ4v) is 4.84. The fraction of sp³-hybridized carbons (Fsp3) is 0. The Labute approximate surface area is 256 Å². The van der Waals surface area contributed by atoms with E-state index in [0.29, 0.717) is 0 Å². The zero-order valence-electron chi connectivity index (χ0n) is 23.8. The van der Waals surface area contributed by atoms with Gasteiger partial charge in [0.2, 0.25) is 0 Å². The Balaban J connectivity index is 1.05. The van der Waals surface area contributed by atoms with Crippen LogP contribution in [-0.4, -0.2) is 19.9 Å². The normalized spacial score (nSPS) is 10.4. The molecule has 4 heteroatoms. The summed E-state index contributed by atoms with van der Waals surface area (Å²) in [6, 6.07) is 44.6. The molecule has 0 saturated carbocycles. The summed E-state index contributed by atoms with van der Waals surface area (Å²) in [5, 5.41) is 0. The smallest absolute Gasteiger partial charge is 0.137 e. The van der Waals surface area contributed by atoms with Gasteiger partial charge < -0.3 is 9.97 Å². The van der Waals surface area contributed by atoms with Crippen molar-refractivity contribution < 1.29 is 0 Å². The van der Waals surface area contributed by atoms with E-state index in [1.54, 1.807) is 0 Å². The molecule has 0 aliphatic rings. The summed E-state index contributed by atoms with van der Waals surface area (Å²) in [6.45, 7) is 0. The lowest BCUT2D eigenvalue weighted by Gasteiger charge is -2.02. The second-order valence-electron chi connectivity index (χ2n) is 10.3. The van der Waals surface area contributed by atoms with Gasteiger partial charge in [-0.3, -0.25) is 0 Å². The molecule has 2 heterocycles. The van der Waals surface area contributed by atoms with Crippen LogP contribution in [0.5, 0.6) is 0 Å². The van der Waals surface area contributed by atoms with Gasteiger partial charge in [-0.1, -0.05) is 103 Å². The number of nitrogens with zero attached hydrogens (tertiary/aromatic N) is 2. The molecule has 0 atom stereocenters. The molecule has 0 aliphatic heterocycles. The predicted octanol–water partition coefficient (Wildman–Crippen LogP) is 8.60. The monoisotopic (exact) mass is 562 g/mol. The van der Waals surface area contributed by atoms with Gasteiger partial charge in [0.15, 0.2) is 0 Å². The Kier molecular flexibility index (Phi) is 7.39. The highest BCUT2D eigenvalue weighted by Gasteiger charge is 2.10. The quantitative estimate of drug-likeness (QED) is 0.211. The zero-order valence-corrected chi connectivity index (χ0v) is 23.8. The molecule has 0 fully saturated rings. The van der Waals surface area contributed by atoms with Crippen molar-refractivity contribution >= 4 is 0 Å². The van der Waals surface area contributed by atoms with Crippen LogP contribution in [0.15, 0.2) is 146 Å². The van der Waals surface area contributed by atoms with Gasteiger partial charge in [-0.15, -0.1) is 0 Å². The Hall–Kier alpha value is -6.36. The molecule has 5 aromatic carbocycles. The standard InChI is InChI=1S/C40H26N4/c1-3-8-29(9-4-1)14-16-31-18-22-33(23-19-31)37-27-41-39(43-37)35-12-7-13-36(26-35)40-42-28-38(44-40)34-24-20-32(21-25-34)17-15-30-10-5-2-6-11-30/h1-13,18-28H,(H,41,43)(H,42,44). The van der Waals surface area contributed by atoms with E-state index in [1.165, 1.54) is 0 Å². The molecule has 0 radical (unpaired) electrons. The molecule has 7 aromatic rings.